The molecule has 2 aliphatic heterocycles. The molecule has 2 aliphatic rings. The first-order valence-electron chi connectivity index (χ1n) is 9.44. The largest absolute Gasteiger partial charge is 0.497 e. The van der Waals surface area contributed by atoms with Crippen LogP contribution in [0.5, 0.6) is 5.75 Å². The van der Waals surface area contributed by atoms with Crippen LogP contribution in [0.15, 0.2) is 30.3 Å². The van der Waals surface area contributed by atoms with E-state index in [1.807, 2.05) is 24.3 Å². The van der Waals surface area contributed by atoms with Crippen LogP contribution in [0.4, 0.5) is 0 Å². The number of carbonyl (C=O) groups excluding carboxylic acids is 1. The van der Waals surface area contributed by atoms with Gasteiger partial charge < -0.3 is 14.0 Å². The van der Waals surface area contributed by atoms with E-state index in [1.165, 1.54) is 55.8 Å². The number of fused-ring (bicyclic) bond motifs is 1. The van der Waals surface area contributed by atoms with Crippen molar-refractivity contribution in [2.45, 2.75) is 38.1 Å². The molecule has 0 aromatic heterocycles. The Morgan fingerprint density at radius 2 is 1.92 bits per heavy atom. The quantitative estimate of drug-likeness (QED) is 0.464. The van der Waals surface area contributed by atoms with Crippen LogP contribution in [-0.2, 0) is 9.53 Å². The predicted octanol–water partition coefficient (Wildman–Crippen LogP) is 3.66. The van der Waals surface area contributed by atoms with Gasteiger partial charge in [0.15, 0.2) is 0 Å². The van der Waals surface area contributed by atoms with E-state index in [2.05, 4.69) is 7.05 Å². The molecular formula is C21H30NO3+. The van der Waals surface area contributed by atoms with Crippen molar-refractivity contribution in [1.29, 1.82) is 0 Å². The van der Waals surface area contributed by atoms with Crippen LogP contribution in [0.2, 0.25) is 0 Å². The normalized spacial score (nSPS) is 29.2. The second-order valence-corrected chi connectivity index (χ2v) is 7.63. The third-order valence-electron chi connectivity index (χ3n) is 5.97. The number of quaternary nitrogens is 1. The monoisotopic (exact) mass is 344 g/mol. The summed E-state index contributed by atoms with van der Waals surface area (Å²) in [6.07, 6.45) is 9.69. The Morgan fingerprint density at radius 3 is 2.68 bits per heavy atom. The Bertz CT molecular complexity index is 606. The van der Waals surface area contributed by atoms with Crippen molar-refractivity contribution in [2.75, 3.05) is 33.9 Å². The minimum atomic E-state index is -0.244. The summed E-state index contributed by atoms with van der Waals surface area (Å²) in [5, 5.41) is 0. The Labute approximate surface area is 151 Å². The first-order chi connectivity index (χ1) is 12.1. The lowest BCUT2D eigenvalue weighted by molar-refractivity contribution is -0.947. The summed E-state index contributed by atoms with van der Waals surface area (Å²) in [4.78, 5) is 12.1. The lowest BCUT2D eigenvalue weighted by Gasteiger charge is -2.51. The van der Waals surface area contributed by atoms with Gasteiger partial charge in [0.1, 0.15) is 12.4 Å². The highest BCUT2D eigenvalue weighted by Crippen LogP contribution is 2.36. The maximum Gasteiger partial charge on any atom is 0.330 e. The van der Waals surface area contributed by atoms with E-state index in [4.69, 9.17) is 9.47 Å². The SMILES string of the molecule is COc1ccc(C=CC(=O)OC[C@@H]2CCC[N+]3(C)CCCC[C@H]23)cc1. The van der Waals surface area contributed by atoms with E-state index in [-0.39, 0.29) is 5.97 Å². The molecule has 1 aromatic carbocycles. The Hall–Kier alpha value is -1.81. The molecule has 1 aromatic rings. The van der Waals surface area contributed by atoms with Crippen molar-refractivity contribution in [1.82, 2.24) is 0 Å². The maximum atomic E-state index is 12.1. The first kappa shape index (κ1) is 18.0. The molecule has 1 unspecified atom stereocenters. The summed E-state index contributed by atoms with van der Waals surface area (Å²) in [5.74, 6) is 1.08. The van der Waals surface area contributed by atoms with Gasteiger partial charge in [-0.1, -0.05) is 12.1 Å². The summed E-state index contributed by atoms with van der Waals surface area (Å²) in [5.41, 5.74) is 0.965. The summed E-state index contributed by atoms with van der Waals surface area (Å²) in [6, 6.07) is 8.29. The number of ether oxygens (including phenoxy) is 2. The molecule has 2 fully saturated rings. The van der Waals surface area contributed by atoms with Crippen LogP contribution in [0.3, 0.4) is 0 Å². The third kappa shape index (κ3) is 4.43. The van der Waals surface area contributed by atoms with Crippen molar-refractivity contribution in [3.05, 3.63) is 35.9 Å². The maximum absolute atomic E-state index is 12.1. The van der Waals surface area contributed by atoms with E-state index in [0.29, 0.717) is 18.6 Å². The van der Waals surface area contributed by atoms with Gasteiger partial charge in [-0.05, 0) is 49.5 Å². The number of methoxy groups -OCH3 is 1. The van der Waals surface area contributed by atoms with Gasteiger partial charge in [-0.15, -0.1) is 0 Å². The van der Waals surface area contributed by atoms with E-state index >= 15 is 0 Å². The average molecular weight is 344 g/mol. The summed E-state index contributed by atoms with van der Waals surface area (Å²) in [6.45, 7) is 3.13. The summed E-state index contributed by atoms with van der Waals surface area (Å²) < 4.78 is 11.9. The second-order valence-electron chi connectivity index (χ2n) is 7.63. The zero-order valence-electron chi connectivity index (χ0n) is 15.4. The highest BCUT2D eigenvalue weighted by Gasteiger charge is 2.43. The van der Waals surface area contributed by atoms with Gasteiger partial charge in [0.05, 0.1) is 33.3 Å². The van der Waals surface area contributed by atoms with Crippen LogP contribution in [0, 0.1) is 5.92 Å². The van der Waals surface area contributed by atoms with Crippen LogP contribution >= 0.6 is 0 Å². The fourth-order valence-corrected chi connectivity index (χ4v) is 4.54. The molecule has 3 rings (SSSR count). The lowest BCUT2D eigenvalue weighted by atomic mass is 9.82. The molecule has 4 heteroatoms. The number of benzene rings is 1. The zero-order chi connectivity index (χ0) is 17.7. The van der Waals surface area contributed by atoms with E-state index < -0.39 is 0 Å². The number of rotatable bonds is 5. The van der Waals surface area contributed by atoms with Gasteiger partial charge in [0.25, 0.3) is 0 Å². The molecule has 2 saturated heterocycles. The van der Waals surface area contributed by atoms with Crippen molar-refractivity contribution < 1.29 is 18.8 Å². The molecule has 0 radical (unpaired) electrons. The minimum absolute atomic E-state index is 0.244. The van der Waals surface area contributed by atoms with Gasteiger partial charge in [0.2, 0.25) is 0 Å². The number of piperidine rings is 2. The fraction of sp³-hybridized carbons (Fsp3) is 0.571. The smallest absolute Gasteiger partial charge is 0.330 e. The Balaban J connectivity index is 1.51. The highest BCUT2D eigenvalue weighted by molar-refractivity contribution is 5.87. The molecule has 0 bridgehead atoms. The van der Waals surface area contributed by atoms with Crippen molar-refractivity contribution >= 4 is 12.0 Å². The molecule has 3 atom stereocenters. The van der Waals surface area contributed by atoms with E-state index in [1.54, 1.807) is 13.2 Å². The predicted molar refractivity (Wildman–Crippen MR) is 99.3 cm³/mol. The Morgan fingerprint density at radius 1 is 1.16 bits per heavy atom. The van der Waals surface area contributed by atoms with Crippen molar-refractivity contribution in [3.63, 3.8) is 0 Å². The van der Waals surface area contributed by atoms with Gasteiger partial charge in [-0.25, -0.2) is 4.79 Å². The lowest BCUT2D eigenvalue weighted by Crippen LogP contribution is -2.61. The van der Waals surface area contributed by atoms with Gasteiger partial charge in [0, 0.05) is 18.4 Å². The number of hydrogen-bond donors (Lipinski definition) is 0. The zero-order valence-corrected chi connectivity index (χ0v) is 15.4. The fourth-order valence-electron chi connectivity index (χ4n) is 4.54. The molecule has 25 heavy (non-hydrogen) atoms. The van der Waals surface area contributed by atoms with Gasteiger partial charge in [-0.2, -0.15) is 0 Å². The first-order valence-corrected chi connectivity index (χ1v) is 9.44. The molecule has 0 aliphatic carbocycles. The average Bonchev–Trinajstić information content (AvgIpc) is 2.64. The van der Waals surface area contributed by atoms with Gasteiger partial charge >= 0.3 is 5.97 Å². The molecule has 0 amide bonds. The van der Waals surface area contributed by atoms with Crippen molar-refractivity contribution in [2.24, 2.45) is 5.92 Å². The van der Waals surface area contributed by atoms with Crippen LogP contribution in [0.25, 0.3) is 6.08 Å². The highest BCUT2D eigenvalue weighted by atomic mass is 16.5. The molecule has 4 nitrogen and oxygen atoms in total. The third-order valence-corrected chi connectivity index (χ3v) is 5.97. The van der Waals surface area contributed by atoms with E-state index in [0.717, 1.165) is 11.3 Å². The molecule has 0 spiro atoms. The summed E-state index contributed by atoms with van der Waals surface area (Å²) >= 11 is 0. The van der Waals surface area contributed by atoms with Crippen molar-refractivity contribution in [3.8, 4) is 5.75 Å². The van der Waals surface area contributed by atoms with E-state index in [9.17, 15) is 4.79 Å². The van der Waals surface area contributed by atoms with Crippen LogP contribution in [-0.4, -0.2) is 50.3 Å². The number of esters is 1. The van der Waals surface area contributed by atoms with Crippen LogP contribution in [0.1, 0.15) is 37.7 Å². The topological polar surface area (TPSA) is 35.5 Å². The Kier molecular flexibility index (Phi) is 5.79. The number of hydrogen-bond acceptors (Lipinski definition) is 3. The molecule has 136 valence electrons. The molecular weight excluding hydrogens is 314 g/mol. The minimum Gasteiger partial charge on any atom is -0.497 e. The number of nitrogens with zero attached hydrogens (tertiary/aromatic N) is 1. The number of carbonyl (C=O) groups is 1. The molecule has 0 N–H and O–H groups in total. The van der Waals surface area contributed by atoms with Crippen LogP contribution < -0.4 is 4.74 Å². The van der Waals surface area contributed by atoms with Gasteiger partial charge in [-0.3, -0.25) is 0 Å². The molecule has 0 saturated carbocycles. The second kappa shape index (κ2) is 8.05. The summed E-state index contributed by atoms with van der Waals surface area (Å²) in [7, 11) is 4.03. The molecule has 2 heterocycles. The standard InChI is InChI=1S/C21H30NO3/c1-22-14-4-3-7-20(22)18(6-5-15-22)16-25-21(23)13-10-17-8-11-19(24-2)12-9-17/h8-13,18,20H,3-7,14-16H2,1-2H3/q+1/t18-,20+,22?/m0/s1.